The summed E-state index contributed by atoms with van der Waals surface area (Å²) in [6.45, 7) is 6.04. The molecule has 92 valence electrons. The molecule has 0 atom stereocenters. The molecular formula is C12H18N4S. The van der Waals surface area contributed by atoms with E-state index in [-0.39, 0.29) is 0 Å². The lowest BCUT2D eigenvalue weighted by molar-refractivity contribution is 0.308. The zero-order chi connectivity index (χ0) is 12.3. The summed E-state index contributed by atoms with van der Waals surface area (Å²) in [7, 11) is 2.08. The highest BCUT2D eigenvalue weighted by Gasteiger charge is 2.08. The van der Waals surface area contributed by atoms with Crippen molar-refractivity contribution in [1.29, 1.82) is 0 Å². The molecule has 2 aromatic rings. The average Bonchev–Trinajstić information content (AvgIpc) is 2.88. The van der Waals surface area contributed by atoms with Crippen LogP contribution in [-0.2, 0) is 13.1 Å². The van der Waals surface area contributed by atoms with Crippen LogP contribution in [0.4, 0.5) is 0 Å². The molecule has 0 bridgehead atoms. The van der Waals surface area contributed by atoms with E-state index < -0.39 is 0 Å². The van der Waals surface area contributed by atoms with Gasteiger partial charge in [0.25, 0.3) is 0 Å². The fourth-order valence-corrected chi connectivity index (χ4v) is 2.46. The number of H-pyrrole nitrogens is 1. The first-order valence-electron chi connectivity index (χ1n) is 5.76. The molecule has 0 radical (unpaired) electrons. The summed E-state index contributed by atoms with van der Waals surface area (Å²) in [6, 6.07) is 0. The lowest BCUT2D eigenvalue weighted by Gasteiger charge is -2.13. The number of thiazole rings is 1. The lowest BCUT2D eigenvalue weighted by atomic mass is 10.2. The molecule has 2 aromatic heterocycles. The molecule has 0 aliphatic heterocycles. The number of nitrogens with zero attached hydrogens (tertiary/aromatic N) is 3. The summed E-state index contributed by atoms with van der Waals surface area (Å²) in [4.78, 5) is 14.2. The van der Waals surface area contributed by atoms with Crippen LogP contribution in [0.3, 0.4) is 0 Å². The van der Waals surface area contributed by atoms with Gasteiger partial charge in [-0.05, 0) is 7.05 Å². The zero-order valence-corrected chi connectivity index (χ0v) is 11.3. The summed E-state index contributed by atoms with van der Waals surface area (Å²) >= 11 is 1.75. The summed E-state index contributed by atoms with van der Waals surface area (Å²) in [5.74, 6) is 1.51. The molecule has 0 fully saturated rings. The van der Waals surface area contributed by atoms with Crippen LogP contribution < -0.4 is 0 Å². The Morgan fingerprint density at radius 2 is 2.24 bits per heavy atom. The Morgan fingerprint density at radius 1 is 1.41 bits per heavy atom. The molecule has 4 nitrogen and oxygen atoms in total. The maximum Gasteiger partial charge on any atom is 0.120 e. The van der Waals surface area contributed by atoms with E-state index in [1.54, 1.807) is 17.5 Å². The zero-order valence-electron chi connectivity index (χ0n) is 10.5. The second-order valence-electron chi connectivity index (χ2n) is 4.54. The van der Waals surface area contributed by atoms with E-state index in [4.69, 9.17) is 0 Å². The molecule has 5 heteroatoms. The maximum atomic E-state index is 4.63. The van der Waals surface area contributed by atoms with Crippen LogP contribution in [0.25, 0.3) is 0 Å². The fourth-order valence-electron chi connectivity index (χ4n) is 1.63. The highest BCUT2D eigenvalue weighted by Crippen LogP contribution is 2.19. The molecule has 2 heterocycles. The monoisotopic (exact) mass is 250 g/mol. The van der Waals surface area contributed by atoms with Crippen LogP contribution >= 0.6 is 11.3 Å². The molecule has 0 unspecified atom stereocenters. The van der Waals surface area contributed by atoms with Crippen molar-refractivity contribution in [1.82, 2.24) is 19.9 Å². The smallest absolute Gasteiger partial charge is 0.120 e. The van der Waals surface area contributed by atoms with Crippen molar-refractivity contribution in [3.63, 3.8) is 0 Å². The summed E-state index contributed by atoms with van der Waals surface area (Å²) < 4.78 is 0. The first-order valence-corrected chi connectivity index (χ1v) is 6.64. The molecule has 0 aliphatic rings. The Hall–Kier alpha value is -1.20. The van der Waals surface area contributed by atoms with Crippen LogP contribution in [0.5, 0.6) is 0 Å². The van der Waals surface area contributed by atoms with Gasteiger partial charge in [0.1, 0.15) is 5.82 Å². The van der Waals surface area contributed by atoms with Crippen molar-refractivity contribution < 1.29 is 0 Å². The van der Waals surface area contributed by atoms with Crippen molar-refractivity contribution >= 4 is 11.3 Å². The number of aromatic nitrogens is 3. The molecule has 0 saturated heterocycles. The van der Waals surface area contributed by atoms with Crippen molar-refractivity contribution in [3.05, 3.63) is 34.3 Å². The number of hydrogen-bond acceptors (Lipinski definition) is 4. The van der Waals surface area contributed by atoms with E-state index in [2.05, 4.69) is 46.1 Å². The SMILES string of the molecule is CC(C)c1nc(CN(C)Cc2ncc[nH]2)cs1. The second kappa shape index (κ2) is 5.42. The Bertz CT molecular complexity index is 447. The van der Waals surface area contributed by atoms with Gasteiger partial charge in [-0.15, -0.1) is 11.3 Å². The molecule has 17 heavy (non-hydrogen) atoms. The lowest BCUT2D eigenvalue weighted by Crippen LogP contribution is -2.18. The molecule has 1 N–H and O–H groups in total. The van der Waals surface area contributed by atoms with Crippen LogP contribution in [-0.4, -0.2) is 26.9 Å². The van der Waals surface area contributed by atoms with Gasteiger partial charge in [0.2, 0.25) is 0 Å². The Labute approximate surface area is 106 Å². The number of hydrogen-bond donors (Lipinski definition) is 1. The first kappa shape index (κ1) is 12.3. The Balaban J connectivity index is 1.91. The first-order chi connectivity index (χ1) is 8.15. The third-order valence-electron chi connectivity index (χ3n) is 2.47. The summed E-state index contributed by atoms with van der Waals surface area (Å²) in [5, 5.41) is 3.36. The topological polar surface area (TPSA) is 44.8 Å². The predicted octanol–water partition coefficient (Wildman–Crippen LogP) is 2.62. The van der Waals surface area contributed by atoms with Gasteiger partial charge in [-0.2, -0.15) is 0 Å². The quantitative estimate of drug-likeness (QED) is 0.887. The van der Waals surface area contributed by atoms with E-state index in [1.807, 2.05) is 6.20 Å². The van der Waals surface area contributed by atoms with Crippen molar-refractivity contribution in [2.75, 3.05) is 7.05 Å². The van der Waals surface area contributed by atoms with E-state index in [9.17, 15) is 0 Å². The summed E-state index contributed by atoms with van der Waals surface area (Å²) in [6.07, 6.45) is 3.63. The van der Waals surface area contributed by atoms with Gasteiger partial charge in [-0.3, -0.25) is 4.90 Å². The minimum atomic E-state index is 0.518. The molecule has 0 aliphatic carbocycles. The van der Waals surface area contributed by atoms with E-state index in [1.165, 1.54) is 5.01 Å². The molecule has 2 rings (SSSR count). The van der Waals surface area contributed by atoms with E-state index in [0.29, 0.717) is 5.92 Å². The highest BCUT2D eigenvalue weighted by molar-refractivity contribution is 7.09. The number of rotatable bonds is 5. The van der Waals surface area contributed by atoms with Gasteiger partial charge in [0.15, 0.2) is 0 Å². The molecule has 0 amide bonds. The minimum Gasteiger partial charge on any atom is -0.348 e. The minimum absolute atomic E-state index is 0.518. The van der Waals surface area contributed by atoms with Gasteiger partial charge in [-0.25, -0.2) is 9.97 Å². The number of nitrogens with one attached hydrogen (secondary N) is 1. The van der Waals surface area contributed by atoms with Gasteiger partial charge in [0.05, 0.1) is 17.2 Å². The van der Waals surface area contributed by atoms with Crippen molar-refractivity contribution in [2.45, 2.75) is 32.9 Å². The maximum absolute atomic E-state index is 4.63. The summed E-state index contributed by atoms with van der Waals surface area (Å²) in [5.41, 5.74) is 1.15. The van der Waals surface area contributed by atoms with Crippen molar-refractivity contribution in [3.8, 4) is 0 Å². The van der Waals surface area contributed by atoms with E-state index >= 15 is 0 Å². The van der Waals surface area contributed by atoms with Crippen molar-refractivity contribution in [2.24, 2.45) is 0 Å². The van der Waals surface area contributed by atoms with Crippen LogP contribution in [0.2, 0.25) is 0 Å². The number of aromatic amines is 1. The van der Waals surface area contributed by atoms with Gasteiger partial charge < -0.3 is 4.98 Å². The molecule has 0 aromatic carbocycles. The second-order valence-corrected chi connectivity index (χ2v) is 5.43. The number of imidazole rings is 1. The van der Waals surface area contributed by atoms with Crippen LogP contribution in [0.1, 0.15) is 36.3 Å². The fraction of sp³-hybridized carbons (Fsp3) is 0.500. The van der Waals surface area contributed by atoms with Crippen LogP contribution in [0, 0.1) is 0 Å². The predicted molar refractivity (Wildman–Crippen MR) is 70.0 cm³/mol. The average molecular weight is 250 g/mol. The highest BCUT2D eigenvalue weighted by atomic mass is 32.1. The largest absolute Gasteiger partial charge is 0.348 e. The van der Waals surface area contributed by atoms with E-state index in [0.717, 1.165) is 24.6 Å². The third kappa shape index (κ3) is 3.38. The molecule has 0 spiro atoms. The standard InChI is InChI=1S/C12H18N4S/c1-9(2)12-15-10(8-17-12)6-16(3)7-11-13-4-5-14-11/h4-5,8-9H,6-7H2,1-3H3,(H,13,14). The Kier molecular flexibility index (Phi) is 3.91. The Morgan fingerprint density at radius 3 is 2.82 bits per heavy atom. The third-order valence-corrected chi connectivity index (χ3v) is 3.66. The van der Waals surface area contributed by atoms with Crippen LogP contribution in [0.15, 0.2) is 17.8 Å². The van der Waals surface area contributed by atoms with Gasteiger partial charge in [0, 0.05) is 30.2 Å². The normalized spacial score (nSPS) is 11.6. The molecule has 0 saturated carbocycles. The molecular weight excluding hydrogens is 232 g/mol. The van der Waals surface area contributed by atoms with Gasteiger partial charge >= 0.3 is 0 Å². The van der Waals surface area contributed by atoms with Gasteiger partial charge in [-0.1, -0.05) is 13.8 Å².